The predicted octanol–water partition coefficient (Wildman–Crippen LogP) is 4.81. The van der Waals surface area contributed by atoms with Gasteiger partial charge in [0.05, 0.1) is 13.2 Å². The van der Waals surface area contributed by atoms with Gasteiger partial charge in [-0.3, -0.25) is 4.79 Å². The minimum atomic E-state index is -0.390. The van der Waals surface area contributed by atoms with Crippen molar-refractivity contribution in [1.29, 1.82) is 0 Å². The van der Waals surface area contributed by atoms with Gasteiger partial charge in [0.1, 0.15) is 0 Å². The first-order chi connectivity index (χ1) is 12.7. The van der Waals surface area contributed by atoms with Crippen LogP contribution in [0.4, 0.5) is 4.39 Å². The second-order valence-electron chi connectivity index (χ2n) is 6.97. The smallest absolute Gasteiger partial charge is 0.220 e. The van der Waals surface area contributed by atoms with E-state index in [2.05, 4.69) is 17.4 Å². The number of hydrogen-bond donors (Lipinski definition) is 1. The highest BCUT2D eigenvalue weighted by molar-refractivity contribution is 5.76. The van der Waals surface area contributed by atoms with Gasteiger partial charge < -0.3 is 10.1 Å². The summed E-state index contributed by atoms with van der Waals surface area (Å²) in [7, 11) is 1.44. The molecule has 0 bridgehead atoms. The molecule has 0 heterocycles. The van der Waals surface area contributed by atoms with E-state index in [0.29, 0.717) is 18.8 Å². The van der Waals surface area contributed by atoms with Gasteiger partial charge in [-0.05, 0) is 48.4 Å². The molecule has 1 N–H and O–H groups in total. The van der Waals surface area contributed by atoms with Crippen molar-refractivity contribution in [3.8, 4) is 5.75 Å². The summed E-state index contributed by atoms with van der Waals surface area (Å²) in [5.74, 6) is 0.351. The highest BCUT2D eigenvalue weighted by atomic mass is 19.1. The van der Waals surface area contributed by atoms with Gasteiger partial charge in [0, 0.05) is 6.42 Å². The zero-order valence-corrected chi connectivity index (χ0v) is 15.2. The standard InChI is InChI=1S/C22H26FNO2/c1-26-20-13-11-16(15-19(20)23)12-14-21(25)24-22(18-9-5-6-10-18)17-7-3-2-4-8-17/h2-4,7-8,11,13,15,18,22H,5-6,9-10,12,14H2,1H3,(H,24,25). The molecule has 1 atom stereocenters. The number of halogens is 1. The van der Waals surface area contributed by atoms with Crippen LogP contribution in [0.1, 0.15) is 49.3 Å². The fraction of sp³-hybridized carbons (Fsp3) is 0.409. The second-order valence-corrected chi connectivity index (χ2v) is 6.97. The van der Waals surface area contributed by atoms with Gasteiger partial charge >= 0.3 is 0 Å². The molecule has 1 saturated carbocycles. The number of carbonyl (C=O) groups is 1. The van der Waals surface area contributed by atoms with E-state index < -0.39 is 5.82 Å². The Labute approximate surface area is 154 Å². The van der Waals surface area contributed by atoms with Crippen LogP contribution in [0, 0.1) is 11.7 Å². The lowest BCUT2D eigenvalue weighted by Crippen LogP contribution is -2.32. The van der Waals surface area contributed by atoms with Crippen LogP contribution in [0.25, 0.3) is 0 Å². The van der Waals surface area contributed by atoms with E-state index in [1.54, 1.807) is 12.1 Å². The molecule has 3 rings (SSSR count). The van der Waals surface area contributed by atoms with Gasteiger partial charge in [-0.15, -0.1) is 0 Å². The fourth-order valence-electron chi connectivity index (χ4n) is 3.79. The van der Waals surface area contributed by atoms with Crippen molar-refractivity contribution >= 4 is 5.91 Å². The van der Waals surface area contributed by atoms with Crippen molar-refractivity contribution < 1.29 is 13.9 Å². The van der Waals surface area contributed by atoms with E-state index in [0.717, 1.165) is 18.4 Å². The Hall–Kier alpha value is -2.36. The van der Waals surface area contributed by atoms with Crippen LogP contribution in [0.5, 0.6) is 5.75 Å². The Morgan fingerprint density at radius 1 is 1.19 bits per heavy atom. The number of hydrogen-bond acceptors (Lipinski definition) is 2. The molecule has 1 fully saturated rings. The van der Waals surface area contributed by atoms with Crippen molar-refractivity contribution in [3.63, 3.8) is 0 Å². The quantitative estimate of drug-likeness (QED) is 0.774. The summed E-state index contributed by atoms with van der Waals surface area (Å²) >= 11 is 0. The van der Waals surface area contributed by atoms with E-state index in [1.807, 2.05) is 18.2 Å². The Balaban J connectivity index is 1.62. The molecule has 26 heavy (non-hydrogen) atoms. The van der Waals surface area contributed by atoms with Gasteiger partial charge in [0.25, 0.3) is 0 Å². The Morgan fingerprint density at radius 3 is 2.58 bits per heavy atom. The topological polar surface area (TPSA) is 38.3 Å². The summed E-state index contributed by atoms with van der Waals surface area (Å²) in [4.78, 5) is 12.5. The third-order valence-electron chi connectivity index (χ3n) is 5.20. The van der Waals surface area contributed by atoms with Crippen molar-refractivity contribution in [2.75, 3.05) is 7.11 Å². The number of aryl methyl sites for hydroxylation is 1. The molecule has 4 heteroatoms. The summed E-state index contributed by atoms with van der Waals surface area (Å²) in [6.45, 7) is 0. The minimum Gasteiger partial charge on any atom is -0.494 e. The molecule has 1 aliphatic rings. The maximum Gasteiger partial charge on any atom is 0.220 e. The minimum absolute atomic E-state index is 0.0157. The number of methoxy groups -OCH3 is 1. The van der Waals surface area contributed by atoms with E-state index >= 15 is 0 Å². The van der Waals surface area contributed by atoms with E-state index in [1.165, 1.54) is 31.6 Å². The third-order valence-corrected chi connectivity index (χ3v) is 5.20. The monoisotopic (exact) mass is 355 g/mol. The number of nitrogens with one attached hydrogen (secondary N) is 1. The lowest BCUT2D eigenvalue weighted by atomic mass is 9.91. The first kappa shape index (κ1) is 18.4. The molecule has 3 nitrogen and oxygen atoms in total. The van der Waals surface area contributed by atoms with Crippen LogP contribution in [0.3, 0.4) is 0 Å². The molecule has 0 spiro atoms. The number of amides is 1. The van der Waals surface area contributed by atoms with Gasteiger partial charge in [-0.25, -0.2) is 4.39 Å². The van der Waals surface area contributed by atoms with Crippen LogP contribution < -0.4 is 10.1 Å². The van der Waals surface area contributed by atoms with Crippen LogP contribution in [0.2, 0.25) is 0 Å². The van der Waals surface area contributed by atoms with E-state index in [9.17, 15) is 9.18 Å². The summed E-state index contributed by atoms with van der Waals surface area (Å²) < 4.78 is 18.7. The van der Waals surface area contributed by atoms with Gasteiger partial charge in [0.2, 0.25) is 5.91 Å². The highest BCUT2D eigenvalue weighted by Gasteiger charge is 2.27. The Bertz CT molecular complexity index is 726. The maximum absolute atomic E-state index is 13.8. The Morgan fingerprint density at radius 2 is 1.92 bits per heavy atom. The van der Waals surface area contributed by atoms with Gasteiger partial charge in [0.15, 0.2) is 11.6 Å². The Kier molecular flexibility index (Phi) is 6.26. The molecule has 2 aromatic rings. The highest BCUT2D eigenvalue weighted by Crippen LogP contribution is 2.35. The van der Waals surface area contributed by atoms with Gasteiger partial charge in [-0.1, -0.05) is 49.2 Å². The largest absolute Gasteiger partial charge is 0.494 e. The van der Waals surface area contributed by atoms with Crippen LogP contribution in [-0.4, -0.2) is 13.0 Å². The molecule has 0 saturated heterocycles. The van der Waals surface area contributed by atoms with Crippen LogP contribution in [-0.2, 0) is 11.2 Å². The molecule has 1 amide bonds. The van der Waals surface area contributed by atoms with Crippen molar-refractivity contribution in [3.05, 3.63) is 65.5 Å². The molecular formula is C22H26FNO2. The molecule has 0 aliphatic heterocycles. The van der Waals surface area contributed by atoms with Crippen LogP contribution in [0.15, 0.2) is 48.5 Å². The van der Waals surface area contributed by atoms with Crippen molar-refractivity contribution in [2.45, 2.75) is 44.6 Å². The molecule has 0 aromatic heterocycles. The summed E-state index contributed by atoms with van der Waals surface area (Å²) in [5, 5.41) is 3.23. The van der Waals surface area contributed by atoms with E-state index in [-0.39, 0.29) is 17.7 Å². The maximum atomic E-state index is 13.8. The van der Waals surface area contributed by atoms with Crippen LogP contribution >= 0.6 is 0 Å². The second kappa shape index (κ2) is 8.84. The lowest BCUT2D eigenvalue weighted by molar-refractivity contribution is -0.122. The summed E-state index contributed by atoms with van der Waals surface area (Å²) in [6.07, 6.45) is 5.64. The average Bonchev–Trinajstić information content (AvgIpc) is 3.19. The molecular weight excluding hydrogens is 329 g/mol. The number of carbonyl (C=O) groups excluding carboxylic acids is 1. The lowest BCUT2D eigenvalue weighted by Gasteiger charge is -2.25. The SMILES string of the molecule is COc1ccc(CCC(=O)NC(c2ccccc2)C2CCCC2)cc1F. The molecule has 2 aromatic carbocycles. The van der Waals surface area contributed by atoms with Crippen molar-refractivity contribution in [2.24, 2.45) is 5.92 Å². The number of rotatable bonds is 7. The number of benzene rings is 2. The zero-order chi connectivity index (χ0) is 18.4. The fourth-order valence-corrected chi connectivity index (χ4v) is 3.79. The van der Waals surface area contributed by atoms with Gasteiger partial charge in [-0.2, -0.15) is 0 Å². The normalized spacial score (nSPS) is 15.6. The molecule has 1 aliphatic carbocycles. The summed E-state index contributed by atoms with van der Waals surface area (Å²) in [6, 6.07) is 15.1. The predicted molar refractivity (Wildman–Crippen MR) is 101 cm³/mol. The molecule has 138 valence electrons. The summed E-state index contributed by atoms with van der Waals surface area (Å²) in [5.41, 5.74) is 1.97. The zero-order valence-electron chi connectivity index (χ0n) is 15.2. The van der Waals surface area contributed by atoms with Crippen molar-refractivity contribution in [1.82, 2.24) is 5.32 Å². The molecule has 0 radical (unpaired) electrons. The van der Waals surface area contributed by atoms with E-state index in [4.69, 9.17) is 4.74 Å². The number of ether oxygens (including phenoxy) is 1. The first-order valence-electron chi connectivity index (χ1n) is 9.34. The first-order valence-corrected chi connectivity index (χ1v) is 9.34. The third kappa shape index (κ3) is 4.63. The molecule has 1 unspecified atom stereocenters. The average molecular weight is 355 g/mol.